The first-order valence-corrected chi connectivity index (χ1v) is 4.97. The molecule has 1 N–H and O–H groups in total. The summed E-state index contributed by atoms with van der Waals surface area (Å²) >= 11 is 0. The van der Waals surface area contributed by atoms with Gasteiger partial charge in [0.1, 0.15) is 0 Å². The Kier molecular flexibility index (Phi) is 5.23. The van der Waals surface area contributed by atoms with Crippen LogP contribution in [0, 0.1) is 0 Å². The van der Waals surface area contributed by atoms with Crippen molar-refractivity contribution in [1.82, 2.24) is 0 Å². The average molecular weight is 170 g/mol. The monoisotopic (exact) mass is 170 g/mol. The zero-order valence-electron chi connectivity index (χ0n) is 8.69. The van der Waals surface area contributed by atoms with Gasteiger partial charge in [0.25, 0.3) is 0 Å². The number of rotatable bonds is 6. The average Bonchev–Trinajstić information content (AvgIpc) is 2.13. The van der Waals surface area contributed by atoms with E-state index in [-0.39, 0.29) is 0 Å². The van der Waals surface area contributed by atoms with Gasteiger partial charge in [-0.05, 0) is 32.1 Å². The summed E-state index contributed by atoms with van der Waals surface area (Å²) in [6.07, 6.45) is 4.56. The van der Waals surface area contributed by atoms with Gasteiger partial charge >= 0.3 is 0 Å². The normalized spacial score (nSPS) is 11.7. The summed E-state index contributed by atoms with van der Waals surface area (Å²) in [6.45, 7) is 10.1. The molecule has 0 amide bonds. The van der Waals surface area contributed by atoms with Crippen LogP contribution in [0.3, 0.4) is 0 Å². The molecular formula is C11H22O. The maximum absolute atomic E-state index is 9.93. The van der Waals surface area contributed by atoms with Crippen LogP contribution in [0.1, 0.15) is 52.9 Å². The van der Waals surface area contributed by atoms with E-state index in [1.54, 1.807) is 0 Å². The minimum Gasteiger partial charge on any atom is -0.390 e. The number of allylic oxidation sites excluding steroid dienone is 1. The third-order valence-corrected chi connectivity index (χ3v) is 2.76. The lowest BCUT2D eigenvalue weighted by Crippen LogP contribution is -2.26. The Morgan fingerprint density at radius 1 is 1.25 bits per heavy atom. The van der Waals surface area contributed by atoms with Crippen molar-refractivity contribution in [2.45, 2.75) is 58.5 Å². The van der Waals surface area contributed by atoms with Gasteiger partial charge in [-0.15, -0.1) is 0 Å². The first kappa shape index (κ1) is 11.7. The third kappa shape index (κ3) is 3.91. The summed E-state index contributed by atoms with van der Waals surface area (Å²) in [4.78, 5) is 0. The summed E-state index contributed by atoms with van der Waals surface area (Å²) in [7, 11) is 0. The van der Waals surface area contributed by atoms with Gasteiger partial charge < -0.3 is 5.11 Å². The summed E-state index contributed by atoms with van der Waals surface area (Å²) in [5, 5.41) is 9.93. The quantitative estimate of drug-likeness (QED) is 0.606. The van der Waals surface area contributed by atoms with Crippen molar-refractivity contribution in [3.05, 3.63) is 12.2 Å². The van der Waals surface area contributed by atoms with Gasteiger partial charge in [0.05, 0.1) is 5.60 Å². The van der Waals surface area contributed by atoms with Crippen molar-refractivity contribution >= 4 is 0 Å². The van der Waals surface area contributed by atoms with Crippen LogP contribution >= 0.6 is 0 Å². The maximum Gasteiger partial charge on any atom is 0.0645 e. The molecule has 0 spiro atoms. The third-order valence-electron chi connectivity index (χ3n) is 2.76. The van der Waals surface area contributed by atoms with E-state index in [1.807, 2.05) is 13.8 Å². The molecule has 12 heavy (non-hydrogen) atoms. The number of hydrogen-bond acceptors (Lipinski definition) is 1. The Balaban J connectivity index is 3.80. The smallest absolute Gasteiger partial charge is 0.0645 e. The second-order valence-electron chi connectivity index (χ2n) is 3.54. The molecule has 0 saturated heterocycles. The fourth-order valence-corrected chi connectivity index (χ4v) is 1.19. The molecule has 0 fully saturated rings. The molecule has 0 atom stereocenters. The molecule has 0 aromatic rings. The van der Waals surface area contributed by atoms with Gasteiger partial charge in [-0.2, -0.15) is 0 Å². The molecule has 0 saturated carbocycles. The van der Waals surface area contributed by atoms with Crippen molar-refractivity contribution in [2.75, 3.05) is 0 Å². The number of aliphatic hydroxyl groups is 1. The Labute approximate surface area is 76.5 Å². The highest BCUT2D eigenvalue weighted by Gasteiger charge is 2.21. The SMILES string of the molecule is C=C(CC)CCC(O)(CC)CC. The van der Waals surface area contributed by atoms with E-state index < -0.39 is 5.60 Å². The predicted octanol–water partition coefficient (Wildman–Crippen LogP) is 3.28. The molecule has 0 aromatic heterocycles. The minimum absolute atomic E-state index is 0.446. The fourth-order valence-electron chi connectivity index (χ4n) is 1.19. The molecule has 0 rings (SSSR count). The van der Waals surface area contributed by atoms with Gasteiger partial charge in [0, 0.05) is 0 Å². The molecule has 1 heteroatoms. The van der Waals surface area contributed by atoms with Crippen LogP contribution in [-0.2, 0) is 0 Å². The lowest BCUT2D eigenvalue weighted by atomic mass is 9.90. The van der Waals surface area contributed by atoms with Crippen LogP contribution in [0.4, 0.5) is 0 Å². The lowest BCUT2D eigenvalue weighted by Gasteiger charge is -2.25. The second-order valence-corrected chi connectivity index (χ2v) is 3.54. The van der Waals surface area contributed by atoms with Crippen molar-refractivity contribution < 1.29 is 5.11 Å². The van der Waals surface area contributed by atoms with E-state index in [2.05, 4.69) is 13.5 Å². The Morgan fingerprint density at radius 3 is 2.08 bits per heavy atom. The van der Waals surface area contributed by atoms with Crippen LogP contribution in [0.25, 0.3) is 0 Å². The van der Waals surface area contributed by atoms with E-state index in [1.165, 1.54) is 5.57 Å². The van der Waals surface area contributed by atoms with E-state index in [0.717, 1.165) is 32.1 Å². The largest absolute Gasteiger partial charge is 0.390 e. The Bertz CT molecular complexity index is 134. The number of hydrogen-bond donors (Lipinski definition) is 1. The summed E-state index contributed by atoms with van der Waals surface area (Å²) in [5.41, 5.74) is 0.799. The minimum atomic E-state index is -0.446. The van der Waals surface area contributed by atoms with Crippen LogP contribution in [0.15, 0.2) is 12.2 Å². The molecule has 0 heterocycles. The Morgan fingerprint density at radius 2 is 1.75 bits per heavy atom. The molecule has 0 aliphatic carbocycles. The van der Waals surface area contributed by atoms with Crippen molar-refractivity contribution in [3.8, 4) is 0 Å². The van der Waals surface area contributed by atoms with E-state index >= 15 is 0 Å². The molecule has 1 nitrogen and oxygen atoms in total. The highest BCUT2D eigenvalue weighted by atomic mass is 16.3. The summed E-state index contributed by atoms with van der Waals surface area (Å²) in [6, 6.07) is 0. The predicted molar refractivity (Wildman–Crippen MR) is 54.2 cm³/mol. The van der Waals surface area contributed by atoms with Crippen molar-refractivity contribution in [2.24, 2.45) is 0 Å². The molecule has 0 unspecified atom stereocenters. The van der Waals surface area contributed by atoms with E-state index in [0.29, 0.717) is 0 Å². The van der Waals surface area contributed by atoms with Gasteiger partial charge in [0.2, 0.25) is 0 Å². The van der Waals surface area contributed by atoms with Gasteiger partial charge in [-0.1, -0.05) is 32.9 Å². The van der Waals surface area contributed by atoms with Crippen molar-refractivity contribution in [1.29, 1.82) is 0 Å². The van der Waals surface area contributed by atoms with E-state index in [4.69, 9.17) is 0 Å². The first-order valence-electron chi connectivity index (χ1n) is 4.97. The van der Waals surface area contributed by atoms with Crippen LogP contribution < -0.4 is 0 Å². The van der Waals surface area contributed by atoms with Gasteiger partial charge in [-0.25, -0.2) is 0 Å². The Hall–Kier alpha value is -0.300. The molecule has 0 bridgehead atoms. The standard InChI is InChI=1S/C11H22O/c1-5-10(4)8-9-11(12,6-2)7-3/h12H,4-9H2,1-3H3. The van der Waals surface area contributed by atoms with E-state index in [9.17, 15) is 5.11 Å². The molecular weight excluding hydrogens is 148 g/mol. The van der Waals surface area contributed by atoms with Crippen molar-refractivity contribution in [3.63, 3.8) is 0 Å². The molecule has 0 aromatic carbocycles. The molecule has 0 aliphatic rings. The second kappa shape index (κ2) is 5.36. The van der Waals surface area contributed by atoms with Gasteiger partial charge in [0.15, 0.2) is 0 Å². The molecule has 72 valence electrons. The zero-order chi connectivity index (χ0) is 9.61. The fraction of sp³-hybridized carbons (Fsp3) is 0.818. The molecule has 0 radical (unpaired) electrons. The zero-order valence-corrected chi connectivity index (χ0v) is 8.69. The highest BCUT2D eigenvalue weighted by Crippen LogP contribution is 2.23. The first-order chi connectivity index (χ1) is 5.58. The summed E-state index contributed by atoms with van der Waals surface area (Å²) in [5.74, 6) is 0. The maximum atomic E-state index is 9.93. The lowest BCUT2D eigenvalue weighted by molar-refractivity contribution is 0.0238. The van der Waals surface area contributed by atoms with Crippen LogP contribution in [-0.4, -0.2) is 10.7 Å². The van der Waals surface area contributed by atoms with Crippen LogP contribution in [0.2, 0.25) is 0 Å². The topological polar surface area (TPSA) is 20.2 Å². The van der Waals surface area contributed by atoms with Crippen LogP contribution in [0.5, 0.6) is 0 Å². The molecule has 0 aliphatic heterocycles. The van der Waals surface area contributed by atoms with Gasteiger partial charge in [-0.3, -0.25) is 0 Å². The summed E-state index contributed by atoms with van der Waals surface area (Å²) < 4.78 is 0. The highest BCUT2D eigenvalue weighted by molar-refractivity contribution is 4.94.